The van der Waals surface area contributed by atoms with Gasteiger partial charge in [0.15, 0.2) is 15.0 Å². The van der Waals surface area contributed by atoms with E-state index in [0.29, 0.717) is 38.1 Å². The number of likely N-dealkylation sites (tertiary alicyclic amines) is 1. The van der Waals surface area contributed by atoms with Gasteiger partial charge in [0.1, 0.15) is 0 Å². The average Bonchev–Trinajstić information content (AvgIpc) is 3.21. The SMILES string of the molecule is CCOC(=O)C1CCN(C(=O)c2ccc(NC3=N[C@H]4CS(=O)(=O)C[C@H]4S3)cc2)CC1. The molecule has 0 aromatic heterocycles. The van der Waals surface area contributed by atoms with E-state index in [-0.39, 0.29) is 40.6 Å². The van der Waals surface area contributed by atoms with Gasteiger partial charge in [0.2, 0.25) is 0 Å². The summed E-state index contributed by atoms with van der Waals surface area (Å²) < 4.78 is 28.4. The van der Waals surface area contributed by atoms with E-state index in [2.05, 4.69) is 10.3 Å². The van der Waals surface area contributed by atoms with Crippen LogP contribution < -0.4 is 5.32 Å². The fraction of sp³-hybridized carbons (Fsp3) is 0.550. The lowest BCUT2D eigenvalue weighted by Crippen LogP contribution is -2.40. The largest absolute Gasteiger partial charge is 0.466 e. The number of rotatable bonds is 4. The van der Waals surface area contributed by atoms with E-state index in [1.165, 1.54) is 11.8 Å². The van der Waals surface area contributed by atoms with Gasteiger partial charge in [-0.05, 0) is 44.0 Å². The van der Waals surface area contributed by atoms with Gasteiger partial charge in [-0.15, -0.1) is 0 Å². The smallest absolute Gasteiger partial charge is 0.309 e. The predicted molar refractivity (Wildman–Crippen MR) is 117 cm³/mol. The molecule has 8 nitrogen and oxygen atoms in total. The number of piperidine rings is 1. The summed E-state index contributed by atoms with van der Waals surface area (Å²) >= 11 is 1.46. The third-order valence-corrected chi connectivity index (χ3v) is 8.75. The van der Waals surface area contributed by atoms with Crippen molar-refractivity contribution in [2.24, 2.45) is 10.9 Å². The fourth-order valence-electron chi connectivity index (χ4n) is 4.00. The molecule has 3 aliphatic heterocycles. The van der Waals surface area contributed by atoms with E-state index < -0.39 is 9.84 Å². The molecule has 2 fully saturated rings. The van der Waals surface area contributed by atoms with Crippen LogP contribution in [0.3, 0.4) is 0 Å². The quantitative estimate of drug-likeness (QED) is 0.696. The lowest BCUT2D eigenvalue weighted by atomic mass is 9.96. The van der Waals surface area contributed by atoms with Crippen molar-refractivity contribution in [1.82, 2.24) is 4.90 Å². The number of fused-ring (bicyclic) bond motifs is 1. The summed E-state index contributed by atoms with van der Waals surface area (Å²) in [6.07, 6.45) is 1.25. The average molecular weight is 452 g/mol. The molecule has 3 aliphatic rings. The number of ether oxygens (including phenoxy) is 1. The first-order valence-electron chi connectivity index (χ1n) is 10.1. The molecule has 0 aliphatic carbocycles. The number of amides is 1. The number of hydrogen-bond donors (Lipinski definition) is 1. The zero-order valence-corrected chi connectivity index (χ0v) is 18.4. The maximum absolute atomic E-state index is 12.8. The number of amidine groups is 1. The van der Waals surface area contributed by atoms with Crippen LogP contribution in [0.2, 0.25) is 0 Å². The van der Waals surface area contributed by atoms with Crippen molar-refractivity contribution in [2.45, 2.75) is 31.1 Å². The van der Waals surface area contributed by atoms with Gasteiger partial charge in [-0.3, -0.25) is 14.6 Å². The maximum Gasteiger partial charge on any atom is 0.309 e. The highest BCUT2D eigenvalue weighted by Gasteiger charge is 2.42. The summed E-state index contributed by atoms with van der Waals surface area (Å²) in [7, 11) is -2.96. The lowest BCUT2D eigenvalue weighted by Gasteiger charge is -2.31. The van der Waals surface area contributed by atoms with Gasteiger partial charge in [-0.25, -0.2) is 8.42 Å². The molecule has 2 atom stereocenters. The number of carbonyl (C=O) groups excluding carboxylic acids is 2. The molecule has 4 rings (SSSR count). The first-order chi connectivity index (χ1) is 14.3. The number of hydrogen-bond acceptors (Lipinski definition) is 8. The van der Waals surface area contributed by atoms with Crippen LogP contribution in [0, 0.1) is 5.92 Å². The molecule has 0 unspecified atom stereocenters. The van der Waals surface area contributed by atoms with Crippen molar-refractivity contribution in [2.75, 3.05) is 36.5 Å². The Morgan fingerprint density at radius 2 is 1.90 bits per heavy atom. The minimum absolute atomic E-state index is 0.00381. The standard InChI is InChI=1S/C20H25N3O5S2/c1-2-28-19(25)14-7-9-23(10-8-14)18(24)13-3-5-15(6-4-13)21-20-22-16-11-30(26,27)12-17(16)29-20/h3-6,14,16-17H,2,7-12H2,1H3,(H,21,22)/t16-,17+/m0/s1. The first kappa shape index (κ1) is 21.2. The zero-order chi connectivity index (χ0) is 21.3. The number of nitrogens with zero attached hydrogens (tertiary/aromatic N) is 2. The molecular weight excluding hydrogens is 426 g/mol. The normalized spacial score (nSPS) is 25.5. The Morgan fingerprint density at radius 1 is 1.20 bits per heavy atom. The Bertz CT molecular complexity index is 953. The molecule has 0 bridgehead atoms. The summed E-state index contributed by atoms with van der Waals surface area (Å²) in [5, 5.41) is 3.93. The van der Waals surface area contributed by atoms with Crippen LogP contribution in [0.15, 0.2) is 29.3 Å². The Kier molecular flexibility index (Phi) is 6.06. The predicted octanol–water partition coefficient (Wildman–Crippen LogP) is 1.78. The molecule has 1 amide bonds. The number of aliphatic imine (C=N–C) groups is 1. The van der Waals surface area contributed by atoms with Gasteiger partial charge in [0.05, 0.1) is 30.1 Å². The van der Waals surface area contributed by atoms with Crippen LogP contribution in [-0.4, -0.2) is 72.9 Å². The van der Waals surface area contributed by atoms with Crippen LogP contribution in [-0.2, 0) is 19.4 Å². The summed E-state index contributed by atoms with van der Waals surface area (Å²) in [5.74, 6) is -0.0432. The third kappa shape index (κ3) is 4.64. The third-order valence-electron chi connectivity index (χ3n) is 5.60. The number of thioether (sulfide) groups is 1. The second kappa shape index (κ2) is 8.58. The molecule has 2 saturated heterocycles. The number of esters is 1. The molecule has 3 heterocycles. The molecule has 0 radical (unpaired) electrons. The summed E-state index contributed by atoms with van der Waals surface area (Å²) in [5.41, 5.74) is 1.40. The molecule has 1 N–H and O–H groups in total. The van der Waals surface area contributed by atoms with Gasteiger partial charge in [0, 0.05) is 29.6 Å². The number of carbonyl (C=O) groups is 2. The highest BCUT2D eigenvalue weighted by molar-refractivity contribution is 8.15. The molecule has 10 heteroatoms. The van der Waals surface area contributed by atoms with Gasteiger partial charge in [0.25, 0.3) is 5.91 Å². The Hall–Kier alpha value is -2.07. The number of anilines is 1. The van der Waals surface area contributed by atoms with E-state index in [1.807, 2.05) is 12.1 Å². The van der Waals surface area contributed by atoms with Crippen molar-refractivity contribution < 1.29 is 22.7 Å². The first-order valence-corrected chi connectivity index (χ1v) is 12.8. The van der Waals surface area contributed by atoms with Crippen LogP contribution in [0.25, 0.3) is 0 Å². The van der Waals surface area contributed by atoms with Crippen LogP contribution in [0.1, 0.15) is 30.1 Å². The van der Waals surface area contributed by atoms with Crippen molar-refractivity contribution in [3.05, 3.63) is 29.8 Å². The zero-order valence-electron chi connectivity index (χ0n) is 16.7. The molecule has 0 saturated carbocycles. The van der Waals surface area contributed by atoms with Gasteiger partial charge in [-0.2, -0.15) is 0 Å². The van der Waals surface area contributed by atoms with E-state index in [1.54, 1.807) is 24.0 Å². The Morgan fingerprint density at radius 3 is 2.53 bits per heavy atom. The van der Waals surface area contributed by atoms with Gasteiger partial charge < -0.3 is 15.0 Å². The highest BCUT2D eigenvalue weighted by atomic mass is 32.2. The topological polar surface area (TPSA) is 105 Å². The van der Waals surface area contributed by atoms with E-state index >= 15 is 0 Å². The van der Waals surface area contributed by atoms with Gasteiger partial charge in [-0.1, -0.05) is 11.8 Å². The lowest BCUT2D eigenvalue weighted by molar-refractivity contribution is -0.149. The van der Waals surface area contributed by atoms with Crippen molar-refractivity contribution in [3.8, 4) is 0 Å². The Balaban J connectivity index is 1.31. The molecule has 1 aromatic carbocycles. The molecular formula is C20H25N3O5S2. The van der Waals surface area contributed by atoms with E-state index in [4.69, 9.17) is 4.74 Å². The monoisotopic (exact) mass is 451 g/mol. The molecule has 30 heavy (non-hydrogen) atoms. The van der Waals surface area contributed by atoms with Crippen molar-refractivity contribution >= 4 is 44.3 Å². The number of nitrogens with one attached hydrogen (secondary N) is 1. The van der Waals surface area contributed by atoms with Crippen LogP contribution in [0.5, 0.6) is 0 Å². The minimum Gasteiger partial charge on any atom is -0.466 e. The van der Waals surface area contributed by atoms with E-state index in [9.17, 15) is 18.0 Å². The fourth-order valence-corrected chi connectivity index (χ4v) is 7.67. The second-order valence-corrected chi connectivity index (χ2v) is 11.1. The highest BCUT2D eigenvalue weighted by Crippen LogP contribution is 2.34. The van der Waals surface area contributed by atoms with Crippen LogP contribution >= 0.6 is 11.8 Å². The molecule has 0 spiro atoms. The molecule has 1 aromatic rings. The minimum atomic E-state index is -2.96. The summed E-state index contributed by atoms with van der Waals surface area (Å²) in [4.78, 5) is 30.9. The van der Waals surface area contributed by atoms with Crippen molar-refractivity contribution in [3.63, 3.8) is 0 Å². The Labute approximate surface area is 180 Å². The van der Waals surface area contributed by atoms with Gasteiger partial charge >= 0.3 is 5.97 Å². The molecule has 162 valence electrons. The van der Waals surface area contributed by atoms with Crippen molar-refractivity contribution in [1.29, 1.82) is 0 Å². The second-order valence-electron chi connectivity index (χ2n) is 7.76. The number of sulfone groups is 1. The summed E-state index contributed by atoms with van der Waals surface area (Å²) in [6, 6.07) is 7.03. The van der Waals surface area contributed by atoms with E-state index in [0.717, 1.165) is 10.9 Å². The summed E-state index contributed by atoms with van der Waals surface area (Å²) in [6.45, 7) is 3.26. The van der Waals surface area contributed by atoms with Crippen LogP contribution in [0.4, 0.5) is 5.69 Å². The number of benzene rings is 1. The maximum atomic E-state index is 12.8.